The minimum Gasteiger partial charge on any atom is -0.493 e. The molecule has 0 radical (unpaired) electrons. The van der Waals surface area contributed by atoms with Crippen molar-refractivity contribution in [3.8, 4) is 17.2 Å². The average molecular weight is 447 g/mol. The molecule has 1 saturated heterocycles. The van der Waals surface area contributed by atoms with Crippen molar-refractivity contribution in [3.05, 3.63) is 89.0 Å². The quantitative estimate of drug-likeness (QED) is 0.529. The molecule has 1 fully saturated rings. The van der Waals surface area contributed by atoms with Gasteiger partial charge in [-0.05, 0) is 48.7 Å². The summed E-state index contributed by atoms with van der Waals surface area (Å²) in [6, 6.07) is 23.2. The van der Waals surface area contributed by atoms with Gasteiger partial charge in [0.05, 0.1) is 20.3 Å². The Bertz CT molecular complexity index is 1010. The first kappa shape index (κ1) is 23.1. The number of hydrogen-bond acceptors (Lipinski definition) is 5. The maximum atomic E-state index is 6.19. The van der Waals surface area contributed by atoms with E-state index in [2.05, 4.69) is 65.7 Å². The molecule has 0 amide bonds. The lowest BCUT2D eigenvalue weighted by atomic mass is 9.94. The van der Waals surface area contributed by atoms with E-state index in [0.29, 0.717) is 23.9 Å². The van der Waals surface area contributed by atoms with Crippen molar-refractivity contribution in [2.24, 2.45) is 0 Å². The van der Waals surface area contributed by atoms with E-state index < -0.39 is 0 Å². The fraction of sp³-hybridized carbons (Fsp3) is 0.357. The van der Waals surface area contributed by atoms with E-state index in [-0.39, 0.29) is 6.04 Å². The molecule has 33 heavy (non-hydrogen) atoms. The zero-order chi connectivity index (χ0) is 23.0. The highest BCUT2D eigenvalue weighted by molar-refractivity contribution is 5.55. The predicted molar refractivity (Wildman–Crippen MR) is 132 cm³/mol. The summed E-state index contributed by atoms with van der Waals surface area (Å²) in [6.45, 7) is 6.64. The van der Waals surface area contributed by atoms with Crippen molar-refractivity contribution in [1.82, 2.24) is 10.2 Å². The number of benzene rings is 3. The van der Waals surface area contributed by atoms with Gasteiger partial charge in [-0.15, -0.1) is 0 Å². The van der Waals surface area contributed by atoms with Crippen LogP contribution >= 0.6 is 0 Å². The highest BCUT2D eigenvalue weighted by Crippen LogP contribution is 2.43. The molecule has 0 spiro atoms. The van der Waals surface area contributed by atoms with Crippen molar-refractivity contribution in [2.75, 3.05) is 40.4 Å². The van der Waals surface area contributed by atoms with Gasteiger partial charge in [0.1, 0.15) is 6.61 Å². The van der Waals surface area contributed by atoms with E-state index in [1.807, 2.05) is 18.2 Å². The maximum absolute atomic E-state index is 6.19. The SMILES string of the molecule is COc1cc(C(c2cccc(C)c2)N2CCCNCC2)cc(OC)c1OCc1ccccc1. The molecule has 0 saturated carbocycles. The molecule has 1 atom stereocenters. The normalized spacial score (nSPS) is 15.5. The van der Waals surface area contributed by atoms with Gasteiger partial charge in [0.25, 0.3) is 0 Å². The molecule has 5 heteroatoms. The van der Waals surface area contributed by atoms with Gasteiger partial charge in [0.15, 0.2) is 11.5 Å². The van der Waals surface area contributed by atoms with Crippen LogP contribution in [-0.4, -0.2) is 45.3 Å². The van der Waals surface area contributed by atoms with E-state index in [1.54, 1.807) is 14.2 Å². The Morgan fingerprint density at radius 2 is 1.61 bits per heavy atom. The van der Waals surface area contributed by atoms with Crippen LogP contribution in [0.5, 0.6) is 17.2 Å². The van der Waals surface area contributed by atoms with Crippen LogP contribution in [0.15, 0.2) is 66.7 Å². The van der Waals surface area contributed by atoms with E-state index >= 15 is 0 Å². The Morgan fingerprint density at radius 1 is 0.848 bits per heavy atom. The molecule has 0 aromatic heterocycles. The van der Waals surface area contributed by atoms with Crippen LogP contribution in [0, 0.1) is 6.92 Å². The minimum atomic E-state index is 0.107. The monoisotopic (exact) mass is 446 g/mol. The van der Waals surface area contributed by atoms with Gasteiger partial charge in [-0.3, -0.25) is 4.90 Å². The zero-order valence-corrected chi connectivity index (χ0v) is 19.8. The van der Waals surface area contributed by atoms with Crippen molar-refractivity contribution >= 4 is 0 Å². The zero-order valence-electron chi connectivity index (χ0n) is 19.8. The maximum Gasteiger partial charge on any atom is 0.203 e. The van der Waals surface area contributed by atoms with Gasteiger partial charge < -0.3 is 19.5 Å². The first-order valence-electron chi connectivity index (χ1n) is 11.6. The first-order valence-corrected chi connectivity index (χ1v) is 11.6. The number of ether oxygens (including phenoxy) is 3. The second kappa shape index (κ2) is 11.2. The Hall–Kier alpha value is -3.02. The molecule has 1 aliphatic rings. The van der Waals surface area contributed by atoms with Gasteiger partial charge in [-0.25, -0.2) is 0 Å². The van der Waals surface area contributed by atoms with Gasteiger partial charge >= 0.3 is 0 Å². The molecule has 0 bridgehead atoms. The Kier molecular flexibility index (Phi) is 7.87. The third-order valence-corrected chi connectivity index (χ3v) is 6.12. The molecular weight excluding hydrogens is 412 g/mol. The lowest BCUT2D eigenvalue weighted by Crippen LogP contribution is -2.33. The van der Waals surface area contributed by atoms with Crippen LogP contribution in [0.4, 0.5) is 0 Å². The van der Waals surface area contributed by atoms with Crippen LogP contribution in [0.2, 0.25) is 0 Å². The number of methoxy groups -OCH3 is 2. The minimum absolute atomic E-state index is 0.107. The molecule has 1 heterocycles. The van der Waals surface area contributed by atoms with Gasteiger partial charge in [-0.2, -0.15) is 0 Å². The third kappa shape index (κ3) is 5.67. The van der Waals surface area contributed by atoms with E-state index in [1.165, 1.54) is 11.1 Å². The van der Waals surface area contributed by atoms with E-state index in [4.69, 9.17) is 14.2 Å². The predicted octanol–water partition coefficient (Wildman–Crippen LogP) is 4.98. The molecule has 3 aromatic carbocycles. The fourth-order valence-electron chi connectivity index (χ4n) is 4.51. The molecule has 1 aliphatic heterocycles. The topological polar surface area (TPSA) is 43.0 Å². The second-order valence-corrected chi connectivity index (χ2v) is 8.49. The Labute approximate surface area is 197 Å². The van der Waals surface area contributed by atoms with Crippen molar-refractivity contribution in [2.45, 2.75) is 26.0 Å². The average Bonchev–Trinajstić information content (AvgIpc) is 3.13. The fourth-order valence-corrected chi connectivity index (χ4v) is 4.51. The van der Waals surface area contributed by atoms with Crippen LogP contribution in [0.1, 0.15) is 34.7 Å². The lowest BCUT2D eigenvalue weighted by molar-refractivity contribution is 0.237. The summed E-state index contributed by atoms with van der Waals surface area (Å²) in [5.74, 6) is 2.00. The van der Waals surface area contributed by atoms with Crippen LogP contribution < -0.4 is 19.5 Å². The summed E-state index contributed by atoms with van der Waals surface area (Å²) in [7, 11) is 3.37. The highest BCUT2D eigenvalue weighted by atomic mass is 16.5. The molecule has 174 valence electrons. The second-order valence-electron chi connectivity index (χ2n) is 8.49. The van der Waals surface area contributed by atoms with Crippen molar-refractivity contribution in [3.63, 3.8) is 0 Å². The standard InChI is InChI=1S/C28H34N2O3/c1-21-9-7-12-23(17-21)27(30-15-8-13-29-14-16-30)24-18-25(31-2)28(26(19-24)32-3)33-20-22-10-5-4-6-11-22/h4-7,9-12,17-19,27,29H,8,13-16,20H2,1-3H3. The van der Waals surface area contributed by atoms with Crippen LogP contribution in [-0.2, 0) is 6.61 Å². The summed E-state index contributed by atoms with van der Waals surface area (Å²) < 4.78 is 17.8. The molecule has 1 unspecified atom stereocenters. The molecule has 5 nitrogen and oxygen atoms in total. The number of rotatable bonds is 8. The lowest BCUT2D eigenvalue weighted by Gasteiger charge is -2.32. The number of nitrogens with one attached hydrogen (secondary N) is 1. The van der Waals surface area contributed by atoms with Crippen molar-refractivity contribution in [1.29, 1.82) is 0 Å². The highest BCUT2D eigenvalue weighted by Gasteiger charge is 2.26. The summed E-state index contributed by atoms with van der Waals surface area (Å²) in [5, 5.41) is 3.52. The summed E-state index contributed by atoms with van der Waals surface area (Å²) in [5.41, 5.74) is 4.77. The molecule has 1 N–H and O–H groups in total. The largest absolute Gasteiger partial charge is 0.493 e. The summed E-state index contributed by atoms with van der Waals surface area (Å²) in [4.78, 5) is 2.55. The van der Waals surface area contributed by atoms with Gasteiger partial charge in [0, 0.05) is 19.6 Å². The van der Waals surface area contributed by atoms with Gasteiger partial charge in [-0.1, -0.05) is 60.2 Å². The molecule has 3 aromatic rings. The van der Waals surface area contributed by atoms with Crippen LogP contribution in [0.3, 0.4) is 0 Å². The first-order chi connectivity index (χ1) is 16.2. The number of hydrogen-bond donors (Lipinski definition) is 1. The summed E-state index contributed by atoms with van der Waals surface area (Å²) in [6.07, 6.45) is 1.12. The molecular formula is C28H34N2O3. The van der Waals surface area contributed by atoms with E-state index in [9.17, 15) is 0 Å². The van der Waals surface area contributed by atoms with Gasteiger partial charge in [0.2, 0.25) is 5.75 Å². The Morgan fingerprint density at radius 3 is 2.30 bits per heavy atom. The number of nitrogens with zero attached hydrogens (tertiary/aromatic N) is 1. The molecule has 0 aliphatic carbocycles. The van der Waals surface area contributed by atoms with Crippen molar-refractivity contribution < 1.29 is 14.2 Å². The van der Waals surface area contributed by atoms with E-state index in [0.717, 1.165) is 43.7 Å². The molecule has 4 rings (SSSR count). The van der Waals surface area contributed by atoms with Crippen LogP contribution in [0.25, 0.3) is 0 Å². The smallest absolute Gasteiger partial charge is 0.203 e. The third-order valence-electron chi connectivity index (χ3n) is 6.12. The number of aryl methyl sites for hydroxylation is 1. The summed E-state index contributed by atoms with van der Waals surface area (Å²) >= 11 is 0. The Balaban J connectivity index is 1.73.